The molecule has 0 spiro atoms. The summed E-state index contributed by atoms with van der Waals surface area (Å²) in [7, 11) is -0.370. The van der Waals surface area contributed by atoms with Crippen molar-refractivity contribution in [3.63, 3.8) is 0 Å². The normalized spacial score (nSPS) is 19.2. The lowest BCUT2D eigenvalue weighted by Crippen LogP contribution is -2.51. The van der Waals surface area contributed by atoms with Gasteiger partial charge in [0.25, 0.3) is 0 Å². The molecule has 196 valence electrons. The molecule has 0 aromatic carbocycles. The Bertz CT molecular complexity index is 710. The van der Waals surface area contributed by atoms with Gasteiger partial charge < -0.3 is 29.4 Å². The Balaban J connectivity index is 2.95. The number of alkyl carbamates (subject to hydrolysis) is 1. The zero-order valence-electron chi connectivity index (χ0n) is 22.9. The second kappa shape index (κ2) is 11.3. The lowest BCUT2D eigenvalue weighted by atomic mass is 9.80. The van der Waals surface area contributed by atoms with Gasteiger partial charge in [0.2, 0.25) is 5.91 Å². The van der Waals surface area contributed by atoms with Gasteiger partial charge in [-0.3, -0.25) is 4.79 Å². The second-order valence-corrected chi connectivity index (χ2v) is 12.0. The fraction of sp³-hybridized carbons (Fsp3) is 0.875. The van der Waals surface area contributed by atoms with E-state index < -0.39 is 46.4 Å². The molecule has 0 aromatic heterocycles. The molecule has 0 bridgehead atoms. The van der Waals surface area contributed by atoms with Crippen LogP contribution in [0.3, 0.4) is 0 Å². The minimum absolute atomic E-state index is 0.127. The summed E-state index contributed by atoms with van der Waals surface area (Å²) in [6, 6.07) is -0.926. The van der Waals surface area contributed by atoms with Crippen molar-refractivity contribution in [2.24, 2.45) is 5.92 Å². The number of amides is 2. The molecule has 1 aliphatic rings. The number of nitrogens with one attached hydrogen (secondary N) is 2. The van der Waals surface area contributed by atoms with Crippen molar-refractivity contribution >= 4 is 25.1 Å². The highest BCUT2D eigenvalue weighted by Crippen LogP contribution is 2.38. The average Bonchev–Trinajstić information content (AvgIpc) is 2.79. The van der Waals surface area contributed by atoms with Crippen molar-refractivity contribution < 1.29 is 33.2 Å². The number of carbonyl (C=O) groups excluding carboxylic acids is 3. The Morgan fingerprint density at radius 1 is 0.912 bits per heavy atom. The number of carbonyl (C=O) groups is 3. The molecule has 0 saturated carbocycles. The maximum atomic E-state index is 13.0. The summed E-state index contributed by atoms with van der Waals surface area (Å²) in [5.74, 6) is -1.33. The third-order valence-corrected chi connectivity index (χ3v) is 5.72. The van der Waals surface area contributed by atoms with Gasteiger partial charge in [-0.1, -0.05) is 6.42 Å². The van der Waals surface area contributed by atoms with E-state index >= 15 is 0 Å². The van der Waals surface area contributed by atoms with Gasteiger partial charge in [0.05, 0.1) is 11.2 Å². The summed E-state index contributed by atoms with van der Waals surface area (Å²) < 4.78 is 23.0. The molecule has 2 amide bonds. The van der Waals surface area contributed by atoms with E-state index in [2.05, 4.69) is 10.6 Å². The molecule has 9 nitrogen and oxygen atoms in total. The molecular formula is C24H45BN2O7. The summed E-state index contributed by atoms with van der Waals surface area (Å²) in [5.41, 5.74) is -2.23. The average molecular weight is 484 g/mol. The Morgan fingerprint density at radius 3 is 1.85 bits per heavy atom. The van der Waals surface area contributed by atoms with Crippen LogP contribution in [-0.2, 0) is 28.4 Å². The van der Waals surface area contributed by atoms with Crippen LogP contribution < -0.4 is 10.6 Å². The molecule has 34 heavy (non-hydrogen) atoms. The van der Waals surface area contributed by atoms with Crippen LogP contribution in [0.15, 0.2) is 0 Å². The number of hydrogen-bond donors (Lipinski definition) is 2. The molecule has 2 N–H and O–H groups in total. The van der Waals surface area contributed by atoms with Crippen molar-refractivity contribution in [2.45, 2.75) is 124 Å². The fourth-order valence-corrected chi connectivity index (χ4v) is 3.50. The predicted octanol–water partition coefficient (Wildman–Crippen LogP) is 3.85. The Kier molecular flexibility index (Phi) is 10.0. The van der Waals surface area contributed by atoms with Crippen molar-refractivity contribution in [2.75, 3.05) is 6.54 Å². The lowest BCUT2D eigenvalue weighted by Gasteiger charge is -2.32. The van der Waals surface area contributed by atoms with Crippen LogP contribution in [0.1, 0.15) is 89.0 Å². The van der Waals surface area contributed by atoms with E-state index in [4.69, 9.17) is 18.8 Å². The summed E-state index contributed by atoms with van der Waals surface area (Å²) in [5, 5.41) is 5.44. The van der Waals surface area contributed by atoms with Gasteiger partial charge in [0, 0.05) is 19.4 Å². The predicted molar refractivity (Wildman–Crippen MR) is 131 cm³/mol. The SMILES string of the molecule is CC(=O)N[C@H](C(=O)OC(C)(C)C)[C@H](CCCB1OC(C)(C)C(C)(C)O1)CNC(=O)OC(C)(C)C. The molecule has 1 saturated heterocycles. The molecule has 0 aliphatic carbocycles. The van der Waals surface area contributed by atoms with Gasteiger partial charge in [-0.2, -0.15) is 0 Å². The Morgan fingerprint density at radius 2 is 1.41 bits per heavy atom. The van der Waals surface area contributed by atoms with E-state index in [0.717, 1.165) is 0 Å². The highest BCUT2D eigenvalue weighted by Gasteiger charge is 2.50. The second-order valence-electron chi connectivity index (χ2n) is 12.0. The number of rotatable bonds is 9. The van der Waals surface area contributed by atoms with Crippen LogP contribution in [0, 0.1) is 5.92 Å². The van der Waals surface area contributed by atoms with Crippen molar-refractivity contribution in [1.29, 1.82) is 0 Å². The quantitative estimate of drug-likeness (QED) is 0.378. The van der Waals surface area contributed by atoms with Crippen molar-refractivity contribution in [1.82, 2.24) is 10.6 Å². The topological polar surface area (TPSA) is 112 Å². The molecule has 2 atom stereocenters. The first-order valence-corrected chi connectivity index (χ1v) is 12.0. The zero-order valence-corrected chi connectivity index (χ0v) is 22.9. The number of hydrogen-bond acceptors (Lipinski definition) is 7. The highest BCUT2D eigenvalue weighted by atomic mass is 16.7. The summed E-state index contributed by atoms with van der Waals surface area (Å²) in [4.78, 5) is 37.1. The van der Waals surface area contributed by atoms with Gasteiger partial charge in [-0.25, -0.2) is 9.59 Å². The minimum atomic E-state index is -0.926. The molecule has 1 aliphatic heterocycles. The van der Waals surface area contributed by atoms with Gasteiger partial charge in [0.15, 0.2) is 0 Å². The third kappa shape index (κ3) is 10.2. The first kappa shape index (κ1) is 30.2. The molecule has 1 heterocycles. The summed E-state index contributed by atoms with van der Waals surface area (Å²) in [6.45, 7) is 20.1. The monoisotopic (exact) mass is 484 g/mol. The van der Waals surface area contributed by atoms with E-state index in [1.54, 1.807) is 41.5 Å². The van der Waals surface area contributed by atoms with Crippen LogP contribution >= 0.6 is 0 Å². The van der Waals surface area contributed by atoms with Crippen LogP contribution in [0.2, 0.25) is 6.32 Å². The standard InChI is InChI=1S/C24H45BN2O7/c1-16(28)27-18(19(29)31-21(2,3)4)17(15-26-20(30)32-22(5,6)7)13-12-14-25-33-23(8,9)24(10,11)34-25/h17-18H,12-15H2,1-11H3,(H,26,30)(H,27,28)/t17-,18+/m1/s1. The third-order valence-electron chi connectivity index (χ3n) is 5.72. The van der Waals surface area contributed by atoms with E-state index in [1.165, 1.54) is 6.92 Å². The summed E-state index contributed by atoms with van der Waals surface area (Å²) >= 11 is 0. The first-order chi connectivity index (χ1) is 15.2. The molecule has 10 heteroatoms. The maximum Gasteiger partial charge on any atom is 0.457 e. The van der Waals surface area contributed by atoms with Crippen LogP contribution in [0.5, 0.6) is 0 Å². The van der Waals surface area contributed by atoms with Crippen LogP contribution in [-0.4, -0.2) is 60.1 Å². The van der Waals surface area contributed by atoms with Gasteiger partial charge in [-0.05, 0) is 82.0 Å². The van der Waals surface area contributed by atoms with Gasteiger partial charge in [-0.15, -0.1) is 0 Å². The van der Waals surface area contributed by atoms with E-state index in [1.807, 2.05) is 27.7 Å². The molecule has 0 radical (unpaired) electrons. The smallest absolute Gasteiger partial charge is 0.457 e. The molecule has 0 unspecified atom stereocenters. The van der Waals surface area contributed by atoms with Crippen LogP contribution in [0.4, 0.5) is 4.79 Å². The van der Waals surface area contributed by atoms with Gasteiger partial charge >= 0.3 is 19.2 Å². The summed E-state index contributed by atoms with van der Waals surface area (Å²) in [6.07, 6.45) is 1.19. The van der Waals surface area contributed by atoms with Crippen LogP contribution in [0.25, 0.3) is 0 Å². The molecule has 1 rings (SSSR count). The molecular weight excluding hydrogens is 439 g/mol. The Labute approximate surface area is 205 Å². The highest BCUT2D eigenvalue weighted by molar-refractivity contribution is 6.45. The lowest BCUT2D eigenvalue weighted by molar-refractivity contribution is -0.160. The number of esters is 1. The largest absolute Gasteiger partial charge is 0.458 e. The fourth-order valence-electron chi connectivity index (χ4n) is 3.50. The van der Waals surface area contributed by atoms with Crippen molar-refractivity contribution in [3.8, 4) is 0 Å². The number of ether oxygens (including phenoxy) is 2. The van der Waals surface area contributed by atoms with Gasteiger partial charge in [0.1, 0.15) is 17.2 Å². The van der Waals surface area contributed by atoms with E-state index in [0.29, 0.717) is 19.2 Å². The molecule has 0 aromatic rings. The Hall–Kier alpha value is -1.81. The van der Waals surface area contributed by atoms with Crippen molar-refractivity contribution in [3.05, 3.63) is 0 Å². The van der Waals surface area contributed by atoms with E-state index in [9.17, 15) is 14.4 Å². The first-order valence-electron chi connectivity index (χ1n) is 12.0. The zero-order chi connectivity index (χ0) is 26.5. The minimum Gasteiger partial charge on any atom is -0.458 e. The van der Waals surface area contributed by atoms with E-state index in [-0.39, 0.29) is 19.6 Å². The maximum absolute atomic E-state index is 13.0. The molecule has 1 fully saturated rings.